The lowest BCUT2D eigenvalue weighted by Crippen LogP contribution is -2.44. The SMILES string of the molecule is C#Cc1ccn2cc(C(=O)NC3CC4CC3CN4)ncc12. The Bertz CT molecular complexity index is 757. The van der Waals surface area contributed by atoms with Crippen molar-refractivity contribution in [2.24, 2.45) is 5.92 Å². The summed E-state index contributed by atoms with van der Waals surface area (Å²) in [5, 5.41) is 6.56. The van der Waals surface area contributed by atoms with Gasteiger partial charge >= 0.3 is 0 Å². The number of nitrogens with one attached hydrogen (secondary N) is 2. The van der Waals surface area contributed by atoms with Crippen molar-refractivity contribution in [3.05, 3.63) is 35.9 Å². The van der Waals surface area contributed by atoms with E-state index < -0.39 is 0 Å². The van der Waals surface area contributed by atoms with E-state index >= 15 is 0 Å². The van der Waals surface area contributed by atoms with Crippen LogP contribution in [0.1, 0.15) is 28.9 Å². The van der Waals surface area contributed by atoms with Crippen molar-refractivity contribution in [3.63, 3.8) is 0 Å². The molecule has 3 heterocycles. The van der Waals surface area contributed by atoms with E-state index in [0.29, 0.717) is 17.7 Å². The maximum atomic E-state index is 12.3. The van der Waals surface area contributed by atoms with Crippen LogP contribution >= 0.6 is 0 Å². The van der Waals surface area contributed by atoms with E-state index in [9.17, 15) is 4.79 Å². The molecule has 5 heteroatoms. The zero-order chi connectivity index (χ0) is 14.4. The Balaban J connectivity index is 1.55. The van der Waals surface area contributed by atoms with Crippen LogP contribution in [-0.2, 0) is 0 Å². The molecule has 1 aliphatic carbocycles. The Kier molecular flexibility index (Phi) is 2.72. The molecule has 3 atom stereocenters. The van der Waals surface area contributed by atoms with Gasteiger partial charge in [0, 0.05) is 31.0 Å². The van der Waals surface area contributed by atoms with Crippen LogP contribution in [0, 0.1) is 18.3 Å². The van der Waals surface area contributed by atoms with Gasteiger partial charge in [0.05, 0.1) is 17.3 Å². The fourth-order valence-corrected chi connectivity index (χ4v) is 3.50. The summed E-state index contributed by atoms with van der Waals surface area (Å²) in [6.07, 6.45) is 12.9. The summed E-state index contributed by atoms with van der Waals surface area (Å²) in [5.74, 6) is 3.06. The molecule has 1 amide bonds. The maximum absolute atomic E-state index is 12.3. The van der Waals surface area contributed by atoms with Gasteiger partial charge in [0.1, 0.15) is 5.69 Å². The minimum atomic E-state index is -0.106. The van der Waals surface area contributed by atoms with E-state index in [1.807, 2.05) is 16.7 Å². The summed E-state index contributed by atoms with van der Waals surface area (Å²) in [5.41, 5.74) is 2.06. The van der Waals surface area contributed by atoms with Gasteiger partial charge in [0.2, 0.25) is 0 Å². The quantitative estimate of drug-likeness (QED) is 0.800. The number of hydrogen-bond acceptors (Lipinski definition) is 3. The number of nitrogens with zero attached hydrogens (tertiary/aromatic N) is 2. The number of fused-ring (bicyclic) bond motifs is 3. The van der Waals surface area contributed by atoms with Crippen molar-refractivity contribution < 1.29 is 4.79 Å². The van der Waals surface area contributed by atoms with Crippen LogP contribution < -0.4 is 10.6 Å². The first kappa shape index (κ1) is 12.4. The monoisotopic (exact) mass is 280 g/mol. The molecule has 2 bridgehead atoms. The fraction of sp³-hybridized carbons (Fsp3) is 0.375. The second kappa shape index (κ2) is 4.61. The molecule has 1 saturated carbocycles. The maximum Gasteiger partial charge on any atom is 0.271 e. The lowest BCUT2D eigenvalue weighted by atomic mass is 10.0. The number of terminal acetylenes is 1. The highest BCUT2D eigenvalue weighted by molar-refractivity contribution is 5.92. The zero-order valence-electron chi connectivity index (χ0n) is 11.5. The highest BCUT2D eigenvalue weighted by Crippen LogP contribution is 2.31. The van der Waals surface area contributed by atoms with Gasteiger partial charge in [0.25, 0.3) is 5.91 Å². The van der Waals surface area contributed by atoms with E-state index in [1.54, 1.807) is 12.4 Å². The Labute approximate surface area is 122 Å². The van der Waals surface area contributed by atoms with Crippen molar-refractivity contribution in [1.82, 2.24) is 20.0 Å². The van der Waals surface area contributed by atoms with Crippen LogP contribution in [-0.4, -0.2) is 33.9 Å². The second-order valence-electron chi connectivity index (χ2n) is 5.86. The molecule has 2 aromatic rings. The summed E-state index contributed by atoms with van der Waals surface area (Å²) >= 11 is 0. The molecule has 1 aliphatic heterocycles. The predicted octanol–water partition coefficient (Wildman–Crippen LogP) is 0.796. The third-order valence-corrected chi connectivity index (χ3v) is 4.61. The van der Waals surface area contributed by atoms with Crippen LogP contribution in [0.3, 0.4) is 0 Å². The summed E-state index contributed by atoms with van der Waals surface area (Å²) < 4.78 is 1.85. The molecule has 4 rings (SSSR count). The van der Waals surface area contributed by atoms with E-state index in [4.69, 9.17) is 6.42 Å². The van der Waals surface area contributed by atoms with Gasteiger partial charge in [-0.3, -0.25) is 4.79 Å². The van der Waals surface area contributed by atoms with Gasteiger partial charge in [-0.2, -0.15) is 0 Å². The molecule has 1 saturated heterocycles. The number of aromatic nitrogens is 2. The molecule has 21 heavy (non-hydrogen) atoms. The minimum Gasteiger partial charge on any atom is -0.348 e. The van der Waals surface area contributed by atoms with Gasteiger partial charge in [-0.25, -0.2) is 4.98 Å². The molecular weight excluding hydrogens is 264 g/mol. The minimum absolute atomic E-state index is 0.106. The Hall–Kier alpha value is -2.32. The topological polar surface area (TPSA) is 58.4 Å². The van der Waals surface area contributed by atoms with Crippen molar-refractivity contribution >= 4 is 11.4 Å². The van der Waals surface area contributed by atoms with Crippen LogP contribution in [0.15, 0.2) is 24.7 Å². The molecule has 2 aliphatic rings. The van der Waals surface area contributed by atoms with Crippen molar-refractivity contribution in [2.45, 2.75) is 24.9 Å². The van der Waals surface area contributed by atoms with Gasteiger partial charge in [-0.15, -0.1) is 6.42 Å². The normalized spacial score (nSPS) is 26.9. The number of rotatable bonds is 2. The van der Waals surface area contributed by atoms with Crippen LogP contribution in [0.25, 0.3) is 5.52 Å². The fourth-order valence-electron chi connectivity index (χ4n) is 3.50. The molecule has 2 N–H and O–H groups in total. The Morgan fingerprint density at radius 3 is 3.14 bits per heavy atom. The van der Waals surface area contributed by atoms with Crippen LogP contribution in [0.5, 0.6) is 0 Å². The number of carbonyl (C=O) groups excluding carboxylic acids is 1. The van der Waals surface area contributed by atoms with Crippen molar-refractivity contribution in [1.29, 1.82) is 0 Å². The smallest absolute Gasteiger partial charge is 0.271 e. The highest BCUT2D eigenvalue weighted by atomic mass is 16.2. The van der Waals surface area contributed by atoms with Gasteiger partial charge in [-0.05, 0) is 24.8 Å². The van der Waals surface area contributed by atoms with E-state index in [2.05, 4.69) is 21.5 Å². The number of carbonyl (C=O) groups is 1. The molecule has 2 aromatic heterocycles. The molecule has 2 fully saturated rings. The van der Waals surface area contributed by atoms with Crippen LogP contribution in [0.4, 0.5) is 0 Å². The molecule has 3 unspecified atom stereocenters. The molecule has 5 nitrogen and oxygen atoms in total. The molecule has 0 spiro atoms. The largest absolute Gasteiger partial charge is 0.348 e. The Morgan fingerprint density at radius 1 is 1.52 bits per heavy atom. The van der Waals surface area contributed by atoms with Crippen molar-refractivity contribution in [3.8, 4) is 12.3 Å². The summed E-state index contributed by atoms with van der Waals surface area (Å²) in [6.45, 7) is 1.01. The van der Waals surface area contributed by atoms with E-state index in [1.165, 1.54) is 6.42 Å². The third-order valence-electron chi connectivity index (χ3n) is 4.61. The number of piperidine rings is 1. The summed E-state index contributed by atoms with van der Waals surface area (Å²) in [7, 11) is 0. The Morgan fingerprint density at radius 2 is 2.43 bits per heavy atom. The molecule has 106 valence electrons. The predicted molar refractivity (Wildman–Crippen MR) is 78.9 cm³/mol. The molecular formula is C16H16N4O. The lowest BCUT2D eigenvalue weighted by molar-refractivity contribution is 0.0919. The highest BCUT2D eigenvalue weighted by Gasteiger charge is 2.40. The van der Waals surface area contributed by atoms with Crippen LogP contribution in [0.2, 0.25) is 0 Å². The standard InChI is InChI=1S/C16H16N4O/c1-2-10-3-4-20-9-14(18-8-15(10)20)16(21)19-13-6-12-5-11(13)7-17-12/h1,3-4,8-9,11-13,17H,5-7H2,(H,19,21). The van der Waals surface area contributed by atoms with Gasteiger partial charge < -0.3 is 15.0 Å². The molecule has 0 aromatic carbocycles. The number of hydrogen-bond donors (Lipinski definition) is 2. The summed E-state index contributed by atoms with van der Waals surface area (Å²) in [6, 6.07) is 2.69. The molecule has 0 radical (unpaired) electrons. The van der Waals surface area contributed by atoms with E-state index in [0.717, 1.165) is 24.0 Å². The van der Waals surface area contributed by atoms with Gasteiger partial charge in [-0.1, -0.05) is 5.92 Å². The first-order valence-corrected chi connectivity index (χ1v) is 7.22. The average molecular weight is 280 g/mol. The first-order valence-electron chi connectivity index (χ1n) is 7.22. The third kappa shape index (κ3) is 1.99. The average Bonchev–Trinajstić information content (AvgIpc) is 3.21. The first-order chi connectivity index (χ1) is 10.2. The van der Waals surface area contributed by atoms with E-state index in [-0.39, 0.29) is 11.9 Å². The van der Waals surface area contributed by atoms with Gasteiger partial charge in [0.15, 0.2) is 0 Å². The van der Waals surface area contributed by atoms with Crippen molar-refractivity contribution in [2.75, 3.05) is 6.54 Å². The number of amides is 1. The zero-order valence-corrected chi connectivity index (χ0v) is 11.5. The summed E-state index contributed by atoms with van der Waals surface area (Å²) in [4.78, 5) is 16.6. The lowest BCUT2D eigenvalue weighted by Gasteiger charge is -2.23. The second-order valence-corrected chi connectivity index (χ2v) is 5.86.